The summed E-state index contributed by atoms with van der Waals surface area (Å²) in [6.07, 6.45) is 0. The molecule has 3 aromatic rings. The molecule has 0 saturated heterocycles. The summed E-state index contributed by atoms with van der Waals surface area (Å²) in [5.41, 5.74) is -0.399. The minimum Gasteiger partial charge on any atom is -0.310 e. The van der Waals surface area contributed by atoms with Crippen molar-refractivity contribution in [3.63, 3.8) is 0 Å². The molecule has 0 fully saturated rings. The average molecular weight is 313 g/mol. The van der Waals surface area contributed by atoms with E-state index in [1.807, 2.05) is 30.3 Å². The summed E-state index contributed by atoms with van der Waals surface area (Å²) in [5, 5.41) is 11.3. The van der Waals surface area contributed by atoms with Crippen LogP contribution in [0.2, 0.25) is 0 Å². The molecule has 2 aromatic carbocycles. The number of nitro groups is 1. The zero-order valence-electron chi connectivity index (χ0n) is 11.6. The highest BCUT2D eigenvalue weighted by Gasteiger charge is 2.18. The Morgan fingerprint density at radius 3 is 2.59 bits per heavy atom. The molecule has 22 heavy (non-hydrogen) atoms. The molecule has 0 radical (unpaired) electrons. The fraction of sp³-hybridized carbons (Fsp3) is 0.0667. The second-order valence-corrected chi connectivity index (χ2v) is 5.81. The average Bonchev–Trinajstić information content (AvgIpc) is 2.46. The maximum absolute atomic E-state index is 12.0. The normalized spacial score (nSPS) is 10.8. The van der Waals surface area contributed by atoms with Gasteiger partial charge in [0.05, 0.1) is 10.4 Å². The SMILES string of the molecule is Cc1nc2cc(Sc3ccccc3)cc([N+](=O)[O-])c2c(=O)[nH]1. The first kappa shape index (κ1) is 14.3. The molecule has 0 aliphatic carbocycles. The Balaban J connectivity index is 2.21. The number of non-ortho nitro benzene ring substituents is 1. The third-order valence-electron chi connectivity index (χ3n) is 3.06. The van der Waals surface area contributed by atoms with Crippen molar-refractivity contribution in [3.05, 3.63) is 68.8 Å². The Hall–Kier alpha value is -2.67. The van der Waals surface area contributed by atoms with Gasteiger partial charge < -0.3 is 4.98 Å². The molecule has 1 heterocycles. The van der Waals surface area contributed by atoms with Crippen molar-refractivity contribution >= 4 is 28.4 Å². The number of aromatic amines is 1. The molecule has 0 amide bonds. The quantitative estimate of drug-likeness (QED) is 0.592. The van der Waals surface area contributed by atoms with Gasteiger partial charge in [-0.05, 0) is 25.1 Å². The number of benzene rings is 2. The van der Waals surface area contributed by atoms with Gasteiger partial charge in [0.2, 0.25) is 0 Å². The predicted molar refractivity (Wildman–Crippen MR) is 84.3 cm³/mol. The molecule has 0 unspecified atom stereocenters. The van der Waals surface area contributed by atoms with Crippen LogP contribution in [-0.2, 0) is 0 Å². The van der Waals surface area contributed by atoms with Gasteiger partial charge in [-0.25, -0.2) is 4.98 Å². The standard InChI is InChI=1S/C15H11N3O3S/c1-9-16-12-7-11(22-10-5-3-2-4-6-10)8-13(18(20)21)14(12)15(19)17-9/h2-8H,1H3,(H,16,17,19). The summed E-state index contributed by atoms with van der Waals surface area (Å²) in [4.78, 5) is 31.0. The van der Waals surface area contributed by atoms with Crippen molar-refractivity contribution in [2.24, 2.45) is 0 Å². The van der Waals surface area contributed by atoms with Crippen LogP contribution in [0.1, 0.15) is 5.82 Å². The molecule has 6 nitrogen and oxygen atoms in total. The van der Waals surface area contributed by atoms with Gasteiger partial charge in [0.1, 0.15) is 11.2 Å². The van der Waals surface area contributed by atoms with E-state index in [9.17, 15) is 14.9 Å². The highest BCUT2D eigenvalue weighted by Crippen LogP contribution is 2.33. The number of aromatic nitrogens is 2. The van der Waals surface area contributed by atoms with Crippen molar-refractivity contribution < 1.29 is 4.92 Å². The lowest BCUT2D eigenvalue weighted by Crippen LogP contribution is -2.11. The first-order valence-corrected chi connectivity index (χ1v) is 7.28. The van der Waals surface area contributed by atoms with Crippen LogP contribution in [0.15, 0.2) is 57.1 Å². The summed E-state index contributed by atoms with van der Waals surface area (Å²) in [7, 11) is 0. The second-order valence-electron chi connectivity index (χ2n) is 4.66. The van der Waals surface area contributed by atoms with E-state index in [-0.39, 0.29) is 11.1 Å². The molecule has 0 spiro atoms. The highest BCUT2D eigenvalue weighted by molar-refractivity contribution is 7.99. The number of aryl methyl sites for hydroxylation is 1. The van der Waals surface area contributed by atoms with Gasteiger partial charge in [-0.15, -0.1) is 0 Å². The van der Waals surface area contributed by atoms with Crippen LogP contribution in [-0.4, -0.2) is 14.9 Å². The maximum atomic E-state index is 12.0. The Bertz CT molecular complexity index is 922. The Labute approximate surface area is 129 Å². The minimum atomic E-state index is -0.552. The highest BCUT2D eigenvalue weighted by atomic mass is 32.2. The molecule has 0 aliphatic heterocycles. The predicted octanol–water partition coefficient (Wildman–Crippen LogP) is 3.29. The first-order valence-electron chi connectivity index (χ1n) is 6.46. The summed E-state index contributed by atoms with van der Waals surface area (Å²) in [6.45, 7) is 1.64. The van der Waals surface area contributed by atoms with Crippen molar-refractivity contribution in [3.8, 4) is 0 Å². The molecule has 0 aliphatic rings. The van der Waals surface area contributed by atoms with Crippen molar-refractivity contribution in [2.45, 2.75) is 16.7 Å². The van der Waals surface area contributed by atoms with Crippen molar-refractivity contribution in [1.82, 2.24) is 9.97 Å². The second kappa shape index (κ2) is 5.61. The molecular weight excluding hydrogens is 302 g/mol. The number of fused-ring (bicyclic) bond motifs is 1. The van der Waals surface area contributed by atoms with Crippen LogP contribution in [0.25, 0.3) is 10.9 Å². The molecular formula is C15H11N3O3S. The summed E-state index contributed by atoms with van der Waals surface area (Å²) < 4.78 is 0. The molecule has 3 rings (SSSR count). The van der Waals surface area contributed by atoms with E-state index in [4.69, 9.17) is 0 Å². The van der Waals surface area contributed by atoms with E-state index >= 15 is 0 Å². The van der Waals surface area contributed by atoms with E-state index in [0.717, 1.165) is 4.90 Å². The van der Waals surface area contributed by atoms with Crippen molar-refractivity contribution in [2.75, 3.05) is 0 Å². The third kappa shape index (κ3) is 2.71. The zero-order valence-corrected chi connectivity index (χ0v) is 12.4. The van der Waals surface area contributed by atoms with Gasteiger partial charge in [-0.1, -0.05) is 30.0 Å². The summed E-state index contributed by atoms with van der Waals surface area (Å²) in [5.74, 6) is 0.425. The van der Waals surface area contributed by atoms with Gasteiger partial charge in [0.25, 0.3) is 11.2 Å². The van der Waals surface area contributed by atoms with Gasteiger partial charge in [-0.2, -0.15) is 0 Å². The van der Waals surface area contributed by atoms with Crippen LogP contribution in [0.3, 0.4) is 0 Å². The topological polar surface area (TPSA) is 88.9 Å². The number of hydrogen-bond acceptors (Lipinski definition) is 5. The Morgan fingerprint density at radius 1 is 1.18 bits per heavy atom. The third-order valence-corrected chi connectivity index (χ3v) is 4.03. The van der Waals surface area contributed by atoms with Gasteiger partial charge in [0, 0.05) is 15.9 Å². The minimum absolute atomic E-state index is 0.00742. The number of nitrogens with zero attached hydrogens (tertiary/aromatic N) is 2. The van der Waals surface area contributed by atoms with E-state index < -0.39 is 10.5 Å². The number of rotatable bonds is 3. The van der Waals surface area contributed by atoms with Gasteiger partial charge in [0.15, 0.2) is 0 Å². The van der Waals surface area contributed by atoms with Crippen LogP contribution < -0.4 is 5.56 Å². The molecule has 1 N–H and O–H groups in total. The fourth-order valence-electron chi connectivity index (χ4n) is 2.17. The molecule has 0 atom stereocenters. The molecule has 1 aromatic heterocycles. The molecule has 0 saturated carbocycles. The summed E-state index contributed by atoms with van der Waals surface area (Å²) in [6, 6.07) is 12.6. The zero-order chi connectivity index (χ0) is 15.7. The van der Waals surface area contributed by atoms with Crippen molar-refractivity contribution in [1.29, 1.82) is 0 Å². The van der Waals surface area contributed by atoms with Crippen LogP contribution in [0.4, 0.5) is 5.69 Å². The number of nitrogens with one attached hydrogen (secondary N) is 1. The van der Waals surface area contributed by atoms with E-state index in [1.165, 1.54) is 17.8 Å². The number of hydrogen-bond donors (Lipinski definition) is 1. The largest absolute Gasteiger partial charge is 0.310 e. The molecule has 110 valence electrons. The van der Waals surface area contributed by atoms with Crippen LogP contribution in [0, 0.1) is 17.0 Å². The number of nitro benzene ring substituents is 1. The molecule has 7 heteroatoms. The molecule has 0 bridgehead atoms. The first-order chi connectivity index (χ1) is 10.5. The fourth-order valence-corrected chi connectivity index (χ4v) is 3.08. The van der Waals surface area contributed by atoms with E-state index in [2.05, 4.69) is 9.97 Å². The lowest BCUT2D eigenvalue weighted by molar-refractivity contribution is -0.383. The Morgan fingerprint density at radius 2 is 1.91 bits per heavy atom. The Kier molecular flexibility index (Phi) is 3.64. The summed E-state index contributed by atoms with van der Waals surface area (Å²) >= 11 is 1.39. The lowest BCUT2D eigenvalue weighted by Gasteiger charge is -2.05. The van der Waals surface area contributed by atoms with Crippen LogP contribution in [0.5, 0.6) is 0 Å². The lowest BCUT2D eigenvalue weighted by atomic mass is 10.2. The smallest absolute Gasteiger partial charge is 0.285 e. The van der Waals surface area contributed by atoms with Gasteiger partial charge >= 0.3 is 0 Å². The van der Waals surface area contributed by atoms with Crippen LogP contribution >= 0.6 is 11.8 Å². The monoisotopic (exact) mass is 313 g/mol. The number of H-pyrrole nitrogens is 1. The van der Waals surface area contributed by atoms with E-state index in [0.29, 0.717) is 16.2 Å². The van der Waals surface area contributed by atoms with Gasteiger partial charge in [-0.3, -0.25) is 14.9 Å². The maximum Gasteiger partial charge on any atom is 0.285 e. The van der Waals surface area contributed by atoms with E-state index in [1.54, 1.807) is 13.0 Å².